The van der Waals surface area contributed by atoms with Crippen LogP contribution in [-0.2, 0) is 17.8 Å². The van der Waals surface area contributed by atoms with Gasteiger partial charge in [-0.1, -0.05) is 84.9 Å². The molecule has 4 nitrogen and oxygen atoms in total. The van der Waals surface area contributed by atoms with Gasteiger partial charge in [-0.05, 0) is 82.2 Å². The summed E-state index contributed by atoms with van der Waals surface area (Å²) in [7, 11) is 0. The highest BCUT2D eigenvalue weighted by atomic mass is 79.9. The Morgan fingerprint density at radius 2 is 1.33 bits per heavy atom. The van der Waals surface area contributed by atoms with E-state index in [0.717, 1.165) is 36.4 Å². The van der Waals surface area contributed by atoms with E-state index in [0.29, 0.717) is 12.4 Å². The van der Waals surface area contributed by atoms with Gasteiger partial charge in [-0.2, -0.15) is 5.10 Å². The van der Waals surface area contributed by atoms with E-state index in [2.05, 4.69) is 66.7 Å². The van der Waals surface area contributed by atoms with E-state index >= 15 is 0 Å². The molecule has 178 valence electrons. The Balaban J connectivity index is 1.23. The lowest BCUT2D eigenvalue weighted by Crippen LogP contribution is -2.19. The molecular weight excluding hydrogens is 580 g/mol. The fourth-order valence-electron chi connectivity index (χ4n) is 4.20. The molecule has 0 aliphatic heterocycles. The minimum Gasteiger partial charge on any atom is -0.487 e. The fourth-order valence-corrected chi connectivity index (χ4v) is 5.65. The van der Waals surface area contributed by atoms with Gasteiger partial charge in [0.15, 0.2) is 0 Å². The van der Waals surface area contributed by atoms with Crippen LogP contribution in [0.3, 0.4) is 0 Å². The van der Waals surface area contributed by atoms with Crippen molar-refractivity contribution < 1.29 is 9.53 Å². The van der Waals surface area contributed by atoms with Gasteiger partial charge < -0.3 is 4.74 Å². The Labute approximate surface area is 226 Å². The summed E-state index contributed by atoms with van der Waals surface area (Å²) in [4.78, 5) is 12.5. The second kappa shape index (κ2) is 11.1. The van der Waals surface area contributed by atoms with Gasteiger partial charge in [0.1, 0.15) is 12.4 Å². The maximum atomic E-state index is 12.5. The summed E-state index contributed by atoms with van der Waals surface area (Å²) in [6.07, 6.45) is 1.87. The first kappa shape index (κ1) is 24.2. The van der Waals surface area contributed by atoms with E-state index in [1.165, 1.54) is 10.8 Å². The minimum atomic E-state index is -0.171. The van der Waals surface area contributed by atoms with Crippen molar-refractivity contribution in [3.63, 3.8) is 0 Å². The molecule has 5 aromatic rings. The molecule has 5 rings (SSSR count). The summed E-state index contributed by atoms with van der Waals surface area (Å²) in [6.45, 7) is 0.441. The van der Waals surface area contributed by atoms with Gasteiger partial charge in [0.05, 0.1) is 21.6 Å². The Morgan fingerprint density at radius 3 is 2.00 bits per heavy atom. The molecule has 5 aromatic carbocycles. The second-order valence-electron chi connectivity index (χ2n) is 8.35. The molecule has 0 aliphatic rings. The van der Waals surface area contributed by atoms with Crippen LogP contribution in [-0.4, -0.2) is 12.1 Å². The molecule has 1 amide bonds. The van der Waals surface area contributed by atoms with Crippen LogP contribution in [0.5, 0.6) is 5.75 Å². The number of fused-ring (bicyclic) bond motifs is 2. The second-order valence-corrected chi connectivity index (χ2v) is 10.1. The summed E-state index contributed by atoms with van der Waals surface area (Å²) >= 11 is 7.21. The van der Waals surface area contributed by atoms with Crippen LogP contribution < -0.4 is 10.2 Å². The van der Waals surface area contributed by atoms with Crippen molar-refractivity contribution in [2.24, 2.45) is 5.10 Å². The summed E-state index contributed by atoms with van der Waals surface area (Å²) in [5, 5.41) is 8.70. The highest BCUT2D eigenvalue weighted by molar-refractivity contribution is 9.11. The first-order chi connectivity index (χ1) is 17.6. The Morgan fingerprint density at radius 1 is 0.778 bits per heavy atom. The number of nitrogens with zero attached hydrogens (tertiary/aromatic N) is 1. The molecular formula is C30H22Br2N2O2. The number of hydrogen-bond donors (Lipinski definition) is 1. The van der Waals surface area contributed by atoms with Gasteiger partial charge in [0, 0.05) is 0 Å². The molecule has 36 heavy (non-hydrogen) atoms. The first-order valence-electron chi connectivity index (χ1n) is 11.5. The predicted octanol–water partition coefficient (Wildman–Crippen LogP) is 7.79. The number of rotatable bonds is 7. The van der Waals surface area contributed by atoms with Crippen LogP contribution in [0.4, 0.5) is 0 Å². The smallest absolute Gasteiger partial charge is 0.244 e. The molecule has 0 radical (unpaired) electrons. The number of carbonyl (C=O) groups is 1. The number of carbonyl (C=O) groups excluding carboxylic acids is 1. The quantitative estimate of drug-likeness (QED) is 0.153. The lowest BCUT2D eigenvalue weighted by Gasteiger charge is -2.13. The zero-order valence-electron chi connectivity index (χ0n) is 19.2. The lowest BCUT2D eigenvalue weighted by atomic mass is 10.0. The Bertz CT molecular complexity index is 1560. The molecule has 0 bridgehead atoms. The summed E-state index contributed by atoms with van der Waals surface area (Å²) in [5.41, 5.74) is 5.53. The molecule has 0 atom stereocenters. The average molecular weight is 602 g/mol. The van der Waals surface area contributed by atoms with Gasteiger partial charge in [0.25, 0.3) is 0 Å². The minimum absolute atomic E-state index is 0.171. The van der Waals surface area contributed by atoms with Crippen LogP contribution in [0.2, 0.25) is 0 Å². The van der Waals surface area contributed by atoms with Gasteiger partial charge >= 0.3 is 0 Å². The van der Waals surface area contributed by atoms with Crippen molar-refractivity contribution in [1.82, 2.24) is 5.43 Å². The topological polar surface area (TPSA) is 50.7 Å². The SMILES string of the molecule is O=C(Cc1cccc2ccccc12)N/N=C\c1cc(Br)c(OCc2cccc3ccccc23)c(Br)c1. The zero-order chi connectivity index (χ0) is 24.9. The molecule has 0 saturated heterocycles. The van der Waals surface area contributed by atoms with E-state index in [-0.39, 0.29) is 12.3 Å². The maximum absolute atomic E-state index is 12.5. The van der Waals surface area contributed by atoms with Crippen molar-refractivity contribution >= 4 is 65.5 Å². The predicted molar refractivity (Wildman–Crippen MR) is 154 cm³/mol. The average Bonchev–Trinajstić information content (AvgIpc) is 2.88. The van der Waals surface area contributed by atoms with Gasteiger partial charge in [-0.15, -0.1) is 0 Å². The van der Waals surface area contributed by atoms with Crippen molar-refractivity contribution in [1.29, 1.82) is 0 Å². The number of halogens is 2. The summed E-state index contributed by atoms with van der Waals surface area (Å²) in [5.74, 6) is 0.538. The van der Waals surface area contributed by atoms with Crippen LogP contribution >= 0.6 is 31.9 Å². The van der Waals surface area contributed by atoms with Crippen LogP contribution in [0.25, 0.3) is 21.5 Å². The highest BCUT2D eigenvalue weighted by Gasteiger charge is 2.11. The fraction of sp³-hybridized carbons (Fsp3) is 0.0667. The van der Waals surface area contributed by atoms with E-state index < -0.39 is 0 Å². The first-order valence-corrected chi connectivity index (χ1v) is 13.0. The molecule has 0 saturated carbocycles. The largest absolute Gasteiger partial charge is 0.487 e. The van der Waals surface area contributed by atoms with Gasteiger partial charge in [0.2, 0.25) is 5.91 Å². The number of benzene rings is 5. The molecule has 0 heterocycles. The Kier molecular flexibility index (Phi) is 7.44. The van der Waals surface area contributed by atoms with Crippen LogP contribution in [0.15, 0.2) is 111 Å². The van der Waals surface area contributed by atoms with Gasteiger partial charge in [-0.25, -0.2) is 5.43 Å². The van der Waals surface area contributed by atoms with E-state index in [1.807, 2.05) is 72.8 Å². The van der Waals surface area contributed by atoms with Gasteiger partial charge in [-0.3, -0.25) is 4.79 Å². The third kappa shape index (κ3) is 5.50. The standard InChI is InChI=1S/C30H22Br2N2O2/c31-27-15-20(18-33-34-29(35)17-23-11-5-9-21-7-1-3-13-25(21)23)16-28(32)30(27)36-19-24-12-6-10-22-8-2-4-14-26(22)24/h1-16,18H,17,19H2,(H,34,35)/b33-18-. The number of nitrogens with one attached hydrogen (secondary N) is 1. The monoisotopic (exact) mass is 600 g/mol. The highest BCUT2D eigenvalue weighted by Crippen LogP contribution is 2.35. The molecule has 6 heteroatoms. The molecule has 0 spiro atoms. The third-order valence-electron chi connectivity index (χ3n) is 5.91. The summed E-state index contributed by atoms with van der Waals surface area (Å²) < 4.78 is 7.74. The Hall–Kier alpha value is -3.48. The molecule has 0 aliphatic carbocycles. The van der Waals surface area contributed by atoms with Crippen LogP contribution in [0, 0.1) is 0 Å². The molecule has 0 fully saturated rings. The maximum Gasteiger partial charge on any atom is 0.244 e. The normalized spacial score (nSPS) is 11.3. The van der Waals surface area contributed by atoms with Crippen molar-refractivity contribution in [3.05, 3.63) is 123 Å². The third-order valence-corrected chi connectivity index (χ3v) is 7.08. The van der Waals surface area contributed by atoms with Crippen molar-refractivity contribution in [3.8, 4) is 5.75 Å². The molecule has 1 N–H and O–H groups in total. The number of ether oxygens (including phenoxy) is 1. The number of amides is 1. The van der Waals surface area contributed by atoms with Crippen molar-refractivity contribution in [2.45, 2.75) is 13.0 Å². The number of hydrogen-bond acceptors (Lipinski definition) is 3. The molecule has 0 unspecified atom stereocenters. The van der Waals surface area contributed by atoms with E-state index in [1.54, 1.807) is 6.21 Å². The number of hydrazone groups is 1. The van der Waals surface area contributed by atoms with E-state index in [9.17, 15) is 4.79 Å². The molecule has 0 aromatic heterocycles. The van der Waals surface area contributed by atoms with Crippen molar-refractivity contribution in [2.75, 3.05) is 0 Å². The summed E-state index contributed by atoms with van der Waals surface area (Å²) in [6, 6.07) is 32.3. The lowest BCUT2D eigenvalue weighted by molar-refractivity contribution is -0.120. The zero-order valence-corrected chi connectivity index (χ0v) is 22.4. The van der Waals surface area contributed by atoms with Crippen LogP contribution in [0.1, 0.15) is 16.7 Å². The van der Waals surface area contributed by atoms with E-state index in [4.69, 9.17) is 4.74 Å².